The Kier molecular flexibility index (Phi) is 3.43. The van der Waals surface area contributed by atoms with Crippen molar-refractivity contribution in [2.24, 2.45) is 0 Å². The van der Waals surface area contributed by atoms with Crippen molar-refractivity contribution in [3.63, 3.8) is 0 Å². The summed E-state index contributed by atoms with van der Waals surface area (Å²) in [5.74, 6) is 2.68. The second-order valence-corrected chi connectivity index (χ2v) is 5.55. The number of rotatable bonds is 3. The van der Waals surface area contributed by atoms with Gasteiger partial charge < -0.3 is 9.73 Å². The van der Waals surface area contributed by atoms with E-state index in [0.717, 1.165) is 18.1 Å². The molecule has 0 radical (unpaired) electrons. The quantitative estimate of drug-likeness (QED) is 0.883. The van der Waals surface area contributed by atoms with E-state index in [0.29, 0.717) is 12.0 Å². The van der Waals surface area contributed by atoms with Crippen LogP contribution in [0.1, 0.15) is 54.4 Å². The predicted molar refractivity (Wildman–Crippen MR) is 77.1 cm³/mol. The van der Waals surface area contributed by atoms with Gasteiger partial charge in [-0.25, -0.2) is 0 Å². The summed E-state index contributed by atoms with van der Waals surface area (Å²) in [7, 11) is 0. The summed E-state index contributed by atoms with van der Waals surface area (Å²) >= 11 is 0. The van der Waals surface area contributed by atoms with Crippen molar-refractivity contribution in [1.82, 2.24) is 5.32 Å². The molecule has 0 saturated heterocycles. The molecular weight excluding hydrogens is 234 g/mol. The van der Waals surface area contributed by atoms with E-state index in [2.05, 4.69) is 42.6 Å². The van der Waals surface area contributed by atoms with Crippen molar-refractivity contribution in [3.05, 3.63) is 59.0 Å². The topological polar surface area (TPSA) is 25.2 Å². The fourth-order valence-corrected chi connectivity index (χ4v) is 3.02. The van der Waals surface area contributed by atoms with E-state index in [9.17, 15) is 0 Å². The normalized spacial score (nSPS) is 22.2. The molecule has 0 aliphatic heterocycles. The van der Waals surface area contributed by atoms with Crippen LogP contribution < -0.4 is 5.32 Å². The highest BCUT2D eigenvalue weighted by Crippen LogP contribution is 2.37. The van der Waals surface area contributed by atoms with Crippen LogP contribution in [0.2, 0.25) is 0 Å². The third-order valence-corrected chi connectivity index (χ3v) is 4.11. The Hall–Kier alpha value is -1.54. The zero-order chi connectivity index (χ0) is 13.2. The average molecular weight is 255 g/mol. The molecule has 1 heterocycles. The van der Waals surface area contributed by atoms with Crippen molar-refractivity contribution >= 4 is 0 Å². The van der Waals surface area contributed by atoms with E-state index in [4.69, 9.17) is 4.42 Å². The van der Waals surface area contributed by atoms with Gasteiger partial charge >= 0.3 is 0 Å². The number of fused-ring (bicyclic) bond motifs is 1. The Labute approximate surface area is 114 Å². The standard InChI is InChI=1S/C17H21NO/c1-12-7-10-17(16-6-4-3-5-15(12)16)18-11-14-9-8-13(2)19-14/h3-6,8-9,12,17-18H,7,10-11H2,1-2H3. The molecule has 3 rings (SSSR count). The zero-order valence-electron chi connectivity index (χ0n) is 11.6. The summed E-state index contributed by atoms with van der Waals surface area (Å²) in [5.41, 5.74) is 2.96. The van der Waals surface area contributed by atoms with E-state index in [1.54, 1.807) is 0 Å². The lowest BCUT2D eigenvalue weighted by Gasteiger charge is -2.30. The number of hydrogen-bond donors (Lipinski definition) is 1. The molecule has 19 heavy (non-hydrogen) atoms. The molecule has 1 aromatic carbocycles. The fraction of sp³-hybridized carbons (Fsp3) is 0.412. The monoisotopic (exact) mass is 255 g/mol. The third kappa shape index (κ3) is 2.59. The summed E-state index contributed by atoms with van der Waals surface area (Å²) in [6, 6.07) is 13.3. The van der Waals surface area contributed by atoms with Gasteiger partial charge in [0.15, 0.2) is 0 Å². The highest BCUT2D eigenvalue weighted by atomic mass is 16.3. The maximum absolute atomic E-state index is 5.62. The molecule has 1 aliphatic carbocycles. The van der Waals surface area contributed by atoms with Gasteiger partial charge in [0.05, 0.1) is 6.54 Å². The molecule has 0 fully saturated rings. The molecule has 0 saturated carbocycles. The smallest absolute Gasteiger partial charge is 0.117 e. The van der Waals surface area contributed by atoms with Crippen LogP contribution in [0.5, 0.6) is 0 Å². The summed E-state index contributed by atoms with van der Waals surface area (Å²) in [6.07, 6.45) is 2.46. The SMILES string of the molecule is Cc1ccc(CNC2CCC(C)c3ccccc32)o1. The molecule has 0 spiro atoms. The summed E-state index contributed by atoms with van der Waals surface area (Å²) in [5, 5.41) is 3.63. The van der Waals surface area contributed by atoms with E-state index >= 15 is 0 Å². The summed E-state index contributed by atoms with van der Waals surface area (Å²) in [6.45, 7) is 5.12. The van der Waals surface area contributed by atoms with Crippen LogP contribution in [-0.4, -0.2) is 0 Å². The lowest BCUT2D eigenvalue weighted by molar-refractivity contribution is 0.396. The van der Waals surface area contributed by atoms with Crippen molar-refractivity contribution in [3.8, 4) is 0 Å². The van der Waals surface area contributed by atoms with Gasteiger partial charge in [-0.15, -0.1) is 0 Å². The van der Waals surface area contributed by atoms with Gasteiger partial charge in [-0.3, -0.25) is 0 Å². The number of benzene rings is 1. The molecule has 0 amide bonds. The van der Waals surface area contributed by atoms with Crippen LogP contribution in [0, 0.1) is 6.92 Å². The first-order chi connectivity index (χ1) is 9.24. The Morgan fingerprint density at radius 2 is 1.89 bits per heavy atom. The fourth-order valence-electron chi connectivity index (χ4n) is 3.02. The van der Waals surface area contributed by atoms with E-state index in [1.165, 1.54) is 24.0 Å². The molecule has 100 valence electrons. The van der Waals surface area contributed by atoms with Gasteiger partial charge in [0, 0.05) is 6.04 Å². The van der Waals surface area contributed by atoms with Crippen LogP contribution >= 0.6 is 0 Å². The highest BCUT2D eigenvalue weighted by Gasteiger charge is 2.23. The van der Waals surface area contributed by atoms with Crippen LogP contribution in [0.15, 0.2) is 40.8 Å². The van der Waals surface area contributed by atoms with Gasteiger partial charge in [0.2, 0.25) is 0 Å². The first kappa shape index (κ1) is 12.5. The average Bonchev–Trinajstić information content (AvgIpc) is 2.84. The largest absolute Gasteiger partial charge is 0.465 e. The Morgan fingerprint density at radius 3 is 2.63 bits per heavy atom. The van der Waals surface area contributed by atoms with Crippen molar-refractivity contribution < 1.29 is 4.42 Å². The van der Waals surface area contributed by atoms with E-state index in [-0.39, 0.29) is 0 Å². The maximum Gasteiger partial charge on any atom is 0.117 e. The Morgan fingerprint density at radius 1 is 1.11 bits per heavy atom. The molecule has 2 nitrogen and oxygen atoms in total. The lowest BCUT2D eigenvalue weighted by atomic mass is 9.81. The Balaban J connectivity index is 1.74. The van der Waals surface area contributed by atoms with Gasteiger partial charge in [-0.05, 0) is 48.9 Å². The molecule has 2 unspecified atom stereocenters. The second kappa shape index (κ2) is 5.22. The van der Waals surface area contributed by atoms with E-state index < -0.39 is 0 Å². The number of nitrogens with one attached hydrogen (secondary N) is 1. The van der Waals surface area contributed by atoms with Crippen LogP contribution in [0.25, 0.3) is 0 Å². The number of aryl methyl sites for hydroxylation is 1. The van der Waals surface area contributed by atoms with Gasteiger partial charge in [-0.1, -0.05) is 31.2 Å². The molecule has 1 N–H and O–H groups in total. The van der Waals surface area contributed by atoms with Gasteiger partial charge in [0.1, 0.15) is 11.5 Å². The van der Waals surface area contributed by atoms with Gasteiger partial charge in [-0.2, -0.15) is 0 Å². The molecule has 2 aromatic rings. The first-order valence-corrected chi connectivity index (χ1v) is 7.11. The Bertz CT molecular complexity index is 558. The third-order valence-electron chi connectivity index (χ3n) is 4.11. The van der Waals surface area contributed by atoms with Crippen LogP contribution in [0.3, 0.4) is 0 Å². The molecule has 1 aromatic heterocycles. The number of furan rings is 1. The van der Waals surface area contributed by atoms with Gasteiger partial charge in [0.25, 0.3) is 0 Å². The molecule has 2 atom stereocenters. The predicted octanol–water partition coefficient (Wildman–Crippen LogP) is 4.32. The van der Waals surface area contributed by atoms with Crippen LogP contribution in [0.4, 0.5) is 0 Å². The van der Waals surface area contributed by atoms with Crippen molar-refractivity contribution in [2.45, 2.75) is 45.2 Å². The minimum absolute atomic E-state index is 0.456. The molecular formula is C17H21NO. The summed E-state index contributed by atoms with van der Waals surface area (Å²) in [4.78, 5) is 0. The highest BCUT2D eigenvalue weighted by molar-refractivity contribution is 5.34. The lowest BCUT2D eigenvalue weighted by Crippen LogP contribution is -2.25. The molecule has 2 heteroatoms. The van der Waals surface area contributed by atoms with Crippen molar-refractivity contribution in [1.29, 1.82) is 0 Å². The zero-order valence-corrected chi connectivity index (χ0v) is 11.6. The van der Waals surface area contributed by atoms with Crippen molar-refractivity contribution in [2.75, 3.05) is 0 Å². The summed E-state index contributed by atoms with van der Waals surface area (Å²) < 4.78 is 5.62. The second-order valence-electron chi connectivity index (χ2n) is 5.55. The van der Waals surface area contributed by atoms with Crippen LogP contribution in [-0.2, 0) is 6.54 Å². The number of hydrogen-bond acceptors (Lipinski definition) is 2. The molecule has 1 aliphatic rings. The molecule has 0 bridgehead atoms. The first-order valence-electron chi connectivity index (χ1n) is 7.11. The maximum atomic E-state index is 5.62. The van der Waals surface area contributed by atoms with E-state index in [1.807, 2.05) is 13.0 Å². The minimum atomic E-state index is 0.456. The minimum Gasteiger partial charge on any atom is -0.465 e.